The average molecular weight is 296 g/mol. The topological polar surface area (TPSA) is 99.9 Å². The molecule has 0 radical (unpaired) electrons. The Labute approximate surface area is 121 Å². The lowest BCUT2D eigenvalue weighted by Crippen LogP contribution is -2.34. The van der Waals surface area contributed by atoms with Crippen LogP contribution in [0, 0.1) is 10.1 Å². The Bertz CT molecular complexity index is 527. The van der Waals surface area contributed by atoms with Crippen molar-refractivity contribution in [3.63, 3.8) is 0 Å². The molecule has 1 heterocycles. The van der Waals surface area contributed by atoms with Crippen LogP contribution in [0.2, 0.25) is 0 Å². The van der Waals surface area contributed by atoms with E-state index in [-0.39, 0.29) is 17.4 Å². The molecule has 0 aliphatic carbocycles. The Morgan fingerprint density at radius 3 is 2.95 bits per heavy atom. The van der Waals surface area contributed by atoms with E-state index < -0.39 is 10.9 Å². The van der Waals surface area contributed by atoms with Crippen molar-refractivity contribution in [2.75, 3.05) is 38.8 Å². The third kappa shape index (κ3) is 3.89. The van der Waals surface area contributed by atoms with Gasteiger partial charge in [0.15, 0.2) is 0 Å². The van der Waals surface area contributed by atoms with E-state index in [1.54, 1.807) is 0 Å². The molecule has 1 N–H and O–H groups in total. The zero-order valence-corrected chi connectivity index (χ0v) is 11.5. The number of hydrogen-bond donors (Lipinski definition) is 1. The number of rotatable bonds is 5. The molecule has 1 atom stereocenters. The maximum Gasteiger partial charge on any atom is 0.338 e. The number of hydrogen-bond acceptors (Lipinski definition) is 7. The molecule has 1 saturated heterocycles. The van der Waals surface area contributed by atoms with Crippen molar-refractivity contribution < 1.29 is 23.9 Å². The molecular formula is C13H16N2O6. The summed E-state index contributed by atoms with van der Waals surface area (Å²) in [4.78, 5) is 21.9. The second-order valence-electron chi connectivity index (χ2n) is 4.43. The van der Waals surface area contributed by atoms with Crippen LogP contribution in [0.15, 0.2) is 18.2 Å². The van der Waals surface area contributed by atoms with Crippen LogP contribution in [0.1, 0.15) is 10.4 Å². The highest BCUT2D eigenvalue weighted by molar-refractivity contribution is 5.91. The van der Waals surface area contributed by atoms with Crippen molar-refractivity contribution in [1.29, 1.82) is 0 Å². The SMILES string of the molecule is COC(=O)c1ccc(NC[C@@H]2COCCO2)c([N+](=O)[O-])c1. The summed E-state index contributed by atoms with van der Waals surface area (Å²) < 4.78 is 15.2. The van der Waals surface area contributed by atoms with E-state index in [4.69, 9.17) is 9.47 Å². The molecule has 8 nitrogen and oxygen atoms in total. The number of ether oxygens (including phenoxy) is 3. The Morgan fingerprint density at radius 2 is 2.33 bits per heavy atom. The summed E-state index contributed by atoms with van der Waals surface area (Å²) in [6.07, 6.45) is -0.154. The molecule has 1 aliphatic rings. The molecule has 114 valence electrons. The summed E-state index contributed by atoms with van der Waals surface area (Å²) in [6, 6.07) is 4.14. The zero-order valence-electron chi connectivity index (χ0n) is 11.5. The largest absolute Gasteiger partial charge is 0.465 e. The Morgan fingerprint density at radius 1 is 1.52 bits per heavy atom. The van der Waals surface area contributed by atoms with Gasteiger partial charge in [-0.25, -0.2) is 4.79 Å². The van der Waals surface area contributed by atoms with Gasteiger partial charge in [-0.2, -0.15) is 0 Å². The quantitative estimate of drug-likeness (QED) is 0.495. The van der Waals surface area contributed by atoms with Crippen molar-refractivity contribution in [1.82, 2.24) is 0 Å². The number of carbonyl (C=O) groups is 1. The van der Waals surface area contributed by atoms with Crippen LogP contribution in [-0.4, -0.2) is 50.5 Å². The zero-order chi connectivity index (χ0) is 15.2. The minimum Gasteiger partial charge on any atom is -0.465 e. The fourth-order valence-electron chi connectivity index (χ4n) is 1.96. The minimum atomic E-state index is -0.617. The summed E-state index contributed by atoms with van der Waals surface area (Å²) in [7, 11) is 1.22. The molecule has 0 unspecified atom stereocenters. The van der Waals surface area contributed by atoms with Gasteiger partial charge in [-0.15, -0.1) is 0 Å². The number of nitro groups is 1. The lowest BCUT2D eigenvalue weighted by atomic mass is 10.1. The number of nitro benzene ring substituents is 1. The Hall–Kier alpha value is -2.19. The van der Waals surface area contributed by atoms with Crippen molar-refractivity contribution in [2.45, 2.75) is 6.10 Å². The summed E-state index contributed by atoms with van der Waals surface area (Å²) in [5, 5.41) is 14.0. The van der Waals surface area contributed by atoms with E-state index in [0.717, 1.165) is 0 Å². The van der Waals surface area contributed by atoms with Gasteiger partial charge in [0.05, 0.1) is 43.5 Å². The fourth-order valence-corrected chi connectivity index (χ4v) is 1.96. The van der Waals surface area contributed by atoms with Crippen LogP contribution < -0.4 is 5.32 Å². The van der Waals surface area contributed by atoms with Gasteiger partial charge in [-0.05, 0) is 12.1 Å². The lowest BCUT2D eigenvalue weighted by molar-refractivity contribution is -0.384. The van der Waals surface area contributed by atoms with E-state index in [1.807, 2.05) is 0 Å². The maximum atomic E-state index is 11.4. The molecule has 2 rings (SSSR count). The van der Waals surface area contributed by atoms with Crippen molar-refractivity contribution in [3.8, 4) is 0 Å². The molecule has 0 aromatic heterocycles. The molecule has 0 amide bonds. The lowest BCUT2D eigenvalue weighted by Gasteiger charge is -2.23. The molecule has 8 heteroatoms. The first kappa shape index (κ1) is 15.2. The fraction of sp³-hybridized carbons (Fsp3) is 0.462. The van der Waals surface area contributed by atoms with Gasteiger partial charge in [0.2, 0.25) is 0 Å². The van der Waals surface area contributed by atoms with Gasteiger partial charge in [0.1, 0.15) is 5.69 Å². The number of nitrogens with zero attached hydrogens (tertiary/aromatic N) is 1. The van der Waals surface area contributed by atoms with Crippen molar-refractivity contribution in [2.24, 2.45) is 0 Å². The number of esters is 1. The Balaban J connectivity index is 2.10. The highest BCUT2D eigenvalue weighted by Crippen LogP contribution is 2.26. The monoisotopic (exact) mass is 296 g/mol. The van der Waals surface area contributed by atoms with E-state index in [2.05, 4.69) is 10.1 Å². The minimum absolute atomic E-state index is 0.131. The third-order valence-electron chi connectivity index (χ3n) is 3.02. The number of methoxy groups -OCH3 is 1. The first-order chi connectivity index (χ1) is 10.1. The first-order valence-electron chi connectivity index (χ1n) is 6.42. The third-order valence-corrected chi connectivity index (χ3v) is 3.02. The maximum absolute atomic E-state index is 11.4. The number of carbonyl (C=O) groups excluding carboxylic acids is 1. The molecule has 21 heavy (non-hydrogen) atoms. The standard InChI is InChI=1S/C13H16N2O6/c1-19-13(16)9-2-3-11(12(6-9)15(17)18)14-7-10-8-20-4-5-21-10/h2-3,6,10,14H,4-5,7-8H2,1H3/t10-/m1/s1. The van der Waals surface area contributed by atoms with Crippen molar-refractivity contribution >= 4 is 17.3 Å². The first-order valence-corrected chi connectivity index (χ1v) is 6.42. The highest BCUT2D eigenvalue weighted by atomic mass is 16.6. The molecule has 1 aliphatic heterocycles. The smallest absolute Gasteiger partial charge is 0.338 e. The normalized spacial score (nSPS) is 18.0. The van der Waals surface area contributed by atoms with Crippen LogP contribution in [0.5, 0.6) is 0 Å². The molecule has 1 fully saturated rings. The summed E-state index contributed by atoms with van der Waals surface area (Å²) >= 11 is 0. The number of anilines is 1. The molecular weight excluding hydrogens is 280 g/mol. The highest BCUT2D eigenvalue weighted by Gasteiger charge is 2.20. The predicted octanol–water partition coefficient (Wildman–Crippen LogP) is 1.21. The average Bonchev–Trinajstić information content (AvgIpc) is 2.52. The van der Waals surface area contributed by atoms with E-state index in [9.17, 15) is 14.9 Å². The number of benzene rings is 1. The summed E-state index contributed by atoms with van der Waals surface area (Å²) in [5.41, 5.74) is 0.267. The predicted molar refractivity (Wildman–Crippen MR) is 73.5 cm³/mol. The van der Waals surface area contributed by atoms with E-state index >= 15 is 0 Å². The molecule has 0 saturated carbocycles. The van der Waals surface area contributed by atoms with Gasteiger partial charge < -0.3 is 19.5 Å². The van der Waals surface area contributed by atoms with Crippen molar-refractivity contribution in [3.05, 3.63) is 33.9 Å². The van der Waals surface area contributed by atoms with Gasteiger partial charge in [0.25, 0.3) is 5.69 Å². The van der Waals surface area contributed by atoms with E-state index in [1.165, 1.54) is 25.3 Å². The van der Waals surface area contributed by atoms with Gasteiger partial charge in [0, 0.05) is 12.6 Å². The van der Waals surface area contributed by atoms with Gasteiger partial charge >= 0.3 is 5.97 Å². The molecule has 0 bridgehead atoms. The molecule has 1 aromatic carbocycles. The van der Waals surface area contributed by atoms with E-state index in [0.29, 0.717) is 32.1 Å². The van der Waals surface area contributed by atoms with Crippen LogP contribution in [0.25, 0.3) is 0 Å². The summed E-state index contributed by atoms with van der Waals surface area (Å²) in [5.74, 6) is -0.617. The molecule has 1 aromatic rings. The van der Waals surface area contributed by atoms with Crippen LogP contribution in [0.3, 0.4) is 0 Å². The van der Waals surface area contributed by atoms with Crippen LogP contribution in [0.4, 0.5) is 11.4 Å². The second-order valence-corrected chi connectivity index (χ2v) is 4.43. The Kier molecular flexibility index (Phi) is 5.07. The second kappa shape index (κ2) is 7.00. The van der Waals surface area contributed by atoms with Gasteiger partial charge in [-0.3, -0.25) is 10.1 Å². The van der Waals surface area contributed by atoms with Crippen LogP contribution >= 0.6 is 0 Å². The molecule has 0 spiro atoms. The van der Waals surface area contributed by atoms with Gasteiger partial charge in [-0.1, -0.05) is 0 Å². The summed E-state index contributed by atoms with van der Waals surface area (Å²) in [6.45, 7) is 1.90. The van der Waals surface area contributed by atoms with Crippen LogP contribution in [-0.2, 0) is 14.2 Å². The number of nitrogens with one attached hydrogen (secondary N) is 1.